The molecule has 2 aromatic rings. The maximum atomic E-state index is 15.2. The lowest BCUT2D eigenvalue weighted by Gasteiger charge is -2.34. The van der Waals surface area contributed by atoms with Gasteiger partial charge in [-0.25, -0.2) is 14.4 Å². The Balaban J connectivity index is 1.82. The SMILES string of the molecule is C=N/C(=C\c1cc(-c2cnc(C)n2C)ccc1C)NC(=O)C1(F)CCN(CC)CC1. The first kappa shape index (κ1) is 21.9. The number of piperidine rings is 1. The second kappa shape index (κ2) is 8.92. The predicted molar refractivity (Wildman–Crippen MR) is 119 cm³/mol. The summed E-state index contributed by atoms with van der Waals surface area (Å²) in [6.45, 7) is 11.5. The molecule has 3 rings (SSSR count). The molecule has 6 nitrogen and oxygen atoms in total. The van der Waals surface area contributed by atoms with Crippen LogP contribution in [0.25, 0.3) is 17.3 Å². The molecule has 1 saturated heterocycles. The Bertz CT molecular complexity index is 970. The quantitative estimate of drug-likeness (QED) is 0.738. The highest BCUT2D eigenvalue weighted by Gasteiger charge is 2.41. The van der Waals surface area contributed by atoms with Crippen molar-refractivity contribution in [1.29, 1.82) is 0 Å². The molecule has 0 atom stereocenters. The van der Waals surface area contributed by atoms with Crippen molar-refractivity contribution in [3.05, 3.63) is 47.2 Å². The van der Waals surface area contributed by atoms with E-state index < -0.39 is 11.6 Å². The average molecular weight is 412 g/mol. The minimum atomic E-state index is -1.88. The first-order chi connectivity index (χ1) is 14.3. The number of nitrogens with one attached hydrogen (secondary N) is 1. The molecule has 160 valence electrons. The van der Waals surface area contributed by atoms with Crippen LogP contribution in [0.1, 0.15) is 36.7 Å². The monoisotopic (exact) mass is 411 g/mol. The highest BCUT2D eigenvalue weighted by Crippen LogP contribution is 2.28. The number of aromatic nitrogens is 2. The number of hydrogen-bond donors (Lipinski definition) is 1. The van der Waals surface area contributed by atoms with E-state index in [2.05, 4.69) is 26.9 Å². The number of benzene rings is 1. The van der Waals surface area contributed by atoms with Crippen LogP contribution in [0.2, 0.25) is 0 Å². The molecule has 0 radical (unpaired) electrons. The zero-order chi connectivity index (χ0) is 21.9. The summed E-state index contributed by atoms with van der Waals surface area (Å²) in [5.41, 5.74) is 2.00. The fraction of sp³-hybridized carbons (Fsp3) is 0.435. The third-order valence-corrected chi connectivity index (χ3v) is 6.00. The summed E-state index contributed by atoms with van der Waals surface area (Å²) in [5.74, 6) is 0.523. The number of carbonyl (C=O) groups excluding carboxylic acids is 1. The zero-order valence-corrected chi connectivity index (χ0v) is 18.2. The van der Waals surface area contributed by atoms with Crippen LogP contribution in [0.5, 0.6) is 0 Å². The van der Waals surface area contributed by atoms with Gasteiger partial charge < -0.3 is 14.8 Å². The molecule has 1 amide bonds. The second-order valence-corrected chi connectivity index (χ2v) is 7.86. The van der Waals surface area contributed by atoms with Crippen LogP contribution >= 0.6 is 0 Å². The predicted octanol–water partition coefficient (Wildman–Crippen LogP) is 3.64. The van der Waals surface area contributed by atoms with Gasteiger partial charge in [0.05, 0.1) is 11.9 Å². The second-order valence-electron chi connectivity index (χ2n) is 7.86. The number of aryl methyl sites for hydroxylation is 2. The first-order valence-electron chi connectivity index (χ1n) is 10.3. The van der Waals surface area contributed by atoms with Gasteiger partial charge in [0.25, 0.3) is 5.91 Å². The van der Waals surface area contributed by atoms with E-state index in [0.717, 1.165) is 34.8 Å². The van der Waals surface area contributed by atoms with Gasteiger partial charge in [0.1, 0.15) is 11.6 Å². The van der Waals surface area contributed by atoms with Crippen molar-refractivity contribution in [1.82, 2.24) is 19.8 Å². The van der Waals surface area contributed by atoms with Gasteiger partial charge in [-0.15, -0.1) is 0 Å². The van der Waals surface area contributed by atoms with Crippen molar-refractivity contribution in [3.8, 4) is 11.3 Å². The number of amides is 1. The van der Waals surface area contributed by atoms with Gasteiger partial charge in [-0.05, 0) is 50.4 Å². The molecule has 30 heavy (non-hydrogen) atoms. The van der Waals surface area contributed by atoms with Crippen molar-refractivity contribution in [2.24, 2.45) is 12.0 Å². The summed E-state index contributed by atoms with van der Waals surface area (Å²) in [4.78, 5) is 23.1. The Kier molecular flexibility index (Phi) is 6.51. The molecule has 0 saturated carbocycles. The van der Waals surface area contributed by atoms with Crippen molar-refractivity contribution in [3.63, 3.8) is 0 Å². The molecule has 0 aliphatic carbocycles. The number of likely N-dealkylation sites (tertiary alicyclic amines) is 1. The highest BCUT2D eigenvalue weighted by atomic mass is 19.1. The van der Waals surface area contributed by atoms with Gasteiger partial charge in [0.2, 0.25) is 0 Å². The number of imidazole rings is 1. The Labute approximate surface area is 177 Å². The molecular formula is C23H30FN5O. The van der Waals surface area contributed by atoms with Crippen LogP contribution in [0.15, 0.2) is 35.2 Å². The van der Waals surface area contributed by atoms with E-state index in [0.29, 0.717) is 13.1 Å². The van der Waals surface area contributed by atoms with E-state index >= 15 is 4.39 Å². The van der Waals surface area contributed by atoms with Crippen LogP contribution in [0, 0.1) is 13.8 Å². The first-order valence-corrected chi connectivity index (χ1v) is 10.3. The number of alkyl halides is 1. The van der Waals surface area contributed by atoms with E-state index in [1.54, 1.807) is 6.08 Å². The topological polar surface area (TPSA) is 62.5 Å². The number of rotatable bonds is 6. The van der Waals surface area contributed by atoms with Gasteiger partial charge in [-0.2, -0.15) is 0 Å². The van der Waals surface area contributed by atoms with Crippen LogP contribution < -0.4 is 5.32 Å². The van der Waals surface area contributed by atoms with Crippen molar-refractivity contribution in [2.75, 3.05) is 19.6 Å². The molecule has 1 aliphatic heterocycles. The number of aliphatic imine (C=N–C) groups is 1. The molecule has 7 heteroatoms. The largest absolute Gasteiger partial charge is 0.331 e. The molecule has 1 fully saturated rings. The third-order valence-electron chi connectivity index (χ3n) is 6.00. The molecule has 0 bridgehead atoms. The molecule has 1 aromatic carbocycles. The lowest BCUT2D eigenvalue weighted by atomic mass is 9.92. The van der Waals surface area contributed by atoms with Crippen molar-refractivity contribution < 1.29 is 9.18 Å². The molecular weight excluding hydrogens is 381 g/mol. The fourth-order valence-corrected chi connectivity index (χ4v) is 3.67. The van der Waals surface area contributed by atoms with Gasteiger partial charge >= 0.3 is 0 Å². The normalized spacial score (nSPS) is 17.0. The third kappa shape index (κ3) is 4.51. The summed E-state index contributed by atoms with van der Waals surface area (Å²) in [6.07, 6.45) is 3.94. The highest BCUT2D eigenvalue weighted by molar-refractivity contribution is 5.87. The van der Waals surface area contributed by atoms with Crippen LogP contribution in [-0.2, 0) is 11.8 Å². The molecule has 1 N–H and O–H groups in total. The lowest BCUT2D eigenvalue weighted by Crippen LogP contribution is -2.50. The van der Waals surface area contributed by atoms with Crippen LogP contribution in [-0.4, -0.2) is 52.4 Å². The summed E-state index contributed by atoms with van der Waals surface area (Å²) in [7, 11) is 1.97. The Morgan fingerprint density at radius 3 is 2.63 bits per heavy atom. The molecule has 1 aliphatic rings. The van der Waals surface area contributed by atoms with Gasteiger partial charge in [0, 0.05) is 38.5 Å². The molecule has 0 unspecified atom stereocenters. The number of halogens is 1. The summed E-state index contributed by atoms with van der Waals surface area (Å²) in [5, 5.41) is 2.64. The van der Waals surface area contributed by atoms with Gasteiger partial charge in [0.15, 0.2) is 5.67 Å². The Hall–Kier alpha value is -2.80. The van der Waals surface area contributed by atoms with Gasteiger partial charge in [-0.1, -0.05) is 19.1 Å². The number of nitrogens with zero attached hydrogens (tertiary/aromatic N) is 4. The van der Waals surface area contributed by atoms with E-state index in [1.165, 1.54) is 0 Å². The van der Waals surface area contributed by atoms with Crippen LogP contribution in [0.3, 0.4) is 0 Å². The van der Waals surface area contributed by atoms with E-state index in [4.69, 9.17) is 0 Å². The molecule has 2 heterocycles. The summed E-state index contributed by atoms with van der Waals surface area (Å²) in [6, 6.07) is 6.04. The van der Waals surface area contributed by atoms with E-state index in [-0.39, 0.29) is 18.7 Å². The van der Waals surface area contributed by atoms with E-state index in [9.17, 15) is 4.79 Å². The van der Waals surface area contributed by atoms with Gasteiger partial charge in [-0.3, -0.25) is 4.79 Å². The van der Waals surface area contributed by atoms with Crippen LogP contribution in [0.4, 0.5) is 4.39 Å². The van der Waals surface area contributed by atoms with E-state index in [1.807, 2.05) is 56.8 Å². The summed E-state index contributed by atoms with van der Waals surface area (Å²) < 4.78 is 17.2. The minimum absolute atomic E-state index is 0.186. The van der Waals surface area contributed by atoms with Crippen molar-refractivity contribution in [2.45, 2.75) is 39.3 Å². The zero-order valence-electron chi connectivity index (χ0n) is 18.2. The Morgan fingerprint density at radius 1 is 1.37 bits per heavy atom. The standard InChI is InChI=1S/C23H30FN5O/c1-6-29-11-9-23(24,10-12-29)22(30)27-21(25-4)14-19-13-18(8-7-16(19)2)20-15-26-17(3)28(20)5/h7-8,13-15H,4,6,9-12H2,1-3,5H3,(H,27,30)/b21-14+. The maximum Gasteiger partial charge on any atom is 0.263 e. The average Bonchev–Trinajstić information content (AvgIpc) is 3.08. The fourth-order valence-electron chi connectivity index (χ4n) is 3.67. The Morgan fingerprint density at radius 2 is 2.07 bits per heavy atom. The number of hydrogen-bond acceptors (Lipinski definition) is 4. The summed E-state index contributed by atoms with van der Waals surface area (Å²) >= 11 is 0. The lowest BCUT2D eigenvalue weighted by molar-refractivity contribution is -0.135. The smallest absolute Gasteiger partial charge is 0.263 e. The number of carbonyl (C=O) groups is 1. The molecule has 1 aromatic heterocycles. The maximum absolute atomic E-state index is 15.2. The minimum Gasteiger partial charge on any atom is -0.331 e. The molecule has 0 spiro atoms. The van der Waals surface area contributed by atoms with Crippen molar-refractivity contribution >= 4 is 18.7 Å².